The first-order valence-corrected chi connectivity index (χ1v) is 12.4. The minimum Gasteiger partial charge on any atom is -0.481 e. The van der Waals surface area contributed by atoms with Crippen molar-refractivity contribution in [1.82, 2.24) is 10.6 Å². The maximum absolute atomic E-state index is 12.6. The van der Waals surface area contributed by atoms with Crippen molar-refractivity contribution in [3.63, 3.8) is 0 Å². The Morgan fingerprint density at radius 2 is 1.57 bits per heavy atom. The van der Waals surface area contributed by atoms with Gasteiger partial charge < -0.3 is 20.5 Å². The number of nitrogens with one attached hydrogen (secondary N) is 2. The van der Waals surface area contributed by atoms with E-state index in [0.717, 1.165) is 35.1 Å². The van der Waals surface area contributed by atoms with Gasteiger partial charge in [-0.3, -0.25) is 9.59 Å². The van der Waals surface area contributed by atoms with Crippen LogP contribution in [-0.4, -0.2) is 42.8 Å². The van der Waals surface area contributed by atoms with Crippen LogP contribution in [0.3, 0.4) is 0 Å². The summed E-state index contributed by atoms with van der Waals surface area (Å²) in [7, 11) is 0. The van der Waals surface area contributed by atoms with Gasteiger partial charge in [-0.15, -0.1) is 0 Å². The number of alkyl carbamates (subject to hydrolysis) is 1. The van der Waals surface area contributed by atoms with Crippen molar-refractivity contribution in [3.05, 3.63) is 59.7 Å². The first-order chi connectivity index (χ1) is 16.8. The highest BCUT2D eigenvalue weighted by molar-refractivity contribution is 5.81. The minimum atomic E-state index is -0.901. The van der Waals surface area contributed by atoms with E-state index in [4.69, 9.17) is 4.74 Å². The fourth-order valence-electron chi connectivity index (χ4n) is 5.19. The number of amides is 2. The van der Waals surface area contributed by atoms with E-state index in [1.807, 2.05) is 24.3 Å². The maximum atomic E-state index is 12.6. The highest BCUT2D eigenvalue weighted by atomic mass is 16.5. The molecule has 2 aliphatic rings. The lowest BCUT2D eigenvalue weighted by Crippen LogP contribution is -2.47. The number of rotatable bonds is 8. The van der Waals surface area contributed by atoms with Crippen molar-refractivity contribution >= 4 is 18.0 Å². The molecule has 7 nitrogen and oxygen atoms in total. The zero-order valence-corrected chi connectivity index (χ0v) is 20.4. The van der Waals surface area contributed by atoms with Crippen LogP contribution in [0.4, 0.5) is 4.79 Å². The predicted molar refractivity (Wildman–Crippen MR) is 133 cm³/mol. The average molecular weight is 479 g/mol. The molecule has 1 fully saturated rings. The van der Waals surface area contributed by atoms with E-state index in [-0.39, 0.29) is 31.5 Å². The van der Waals surface area contributed by atoms with Gasteiger partial charge in [0, 0.05) is 19.0 Å². The van der Waals surface area contributed by atoms with E-state index in [2.05, 4.69) is 41.8 Å². The molecule has 1 atom stereocenters. The maximum Gasteiger partial charge on any atom is 0.407 e. The standard InChI is InChI=1S/C28H34N2O5/c1-18-11-13-28(14-12-18,26(32)33)17-30-25(31)19(2)15-29-27(34)35-16-24-22-9-5-3-7-20(22)21-8-4-6-10-23(21)24/h3-10,18-19,24H,11-17H2,1-2H3,(H,29,34)(H,30,31)(H,32,33). The summed E-state index contributed by atoms with van der Waals surface area (Å²) in [5.41, 5.74) is 3.70. The molecule has 4 rings (SSSR count). The first-order valence-electron chi connectivity index (χ1n) is 12.4. The van der Waals surface area contributed by atoms with Crippen molar-refractivity contribution < 1.29 is 24.2 Å². The number of carboxylic acid groups (broad SMARTS) is 1. The monoisotopic (exact) mass is 478 g/mol. The highest BCUT2D eigenvalue weighted by Crippen LogP contribution is 2.44. The third-order valence-electron chi connectivity index (χ3n) is 7.63. The van der Waals surface area contributed by atoms with Crippen LogP contribution in [0, 0.1) is 17.3 Å². The van der Waals surface area contributed by atoms with Crippen molar-refractivity contribution in [2.75, 3.05) is 19.7 Å². The summed E-state index contributed by atoms with van der Waals surface area (Å²) in [6.07, 6.45) is 2.25. The van der Waals surface area contributed by atoms with Crippen LogP contribution in [0.25, 0.3) is 11.1 Å². The lowest BCUT2D eigenvalue weighted by molar-refractivity contribution is -0.151. The third-order valence-corrected chi connectivity index (χ3v) is 7.63. The molecule has 0 aliphatic heterocycles. The molecule has 2 aliphatic carbocycles. The van der Waals surface area contributed by atoms with Crippen molar-refractivity contribution in [1.29, 1.82) is 0 Å². The molecule has 7 heteroatoms. The molecule has 0 radical (unpaired) electrons. The number of hydrogen-bond donors (Lipinski definition) is 3. The van der Waals surface area contributed by atoms with Gasteiger partial charge in [0.15, 0.2) is 0 Å². The second-order valence-electron chi connectivity index (χ2n) is 10.1. The van der Waals surface area contributed by atoms with Crippen LogP contribution in [0.2, 0.25) is 0 Å². The van der Waals surface area contributed by atoms with Crippen molar-refractivity contribution in [2.24, 2.45) is 17.3 Å². The Labute approximate surface area is 206 Å². The number of aliphatic carboxylic acids is 1. The van der Waals surface area contributed by atoms with Gasteiger partial charge in [-0.1, -0.05) is 62.4 Å². The number of carbonyl (C=O) groups excluding carboxylic acids is 2. The van der Waals surface area contributed by atoms with Crippen LogP contribution in [0.5, 0.6) is 0 Å². The molecule has 0 bridgehead atoms. The van der Waals surface area contributed by atoms with Crippen molar-refractivity contribution in [3.8, 4) is 11.1 Å². The summed E-state index contributed by atoms with van der Waals surface area (Å²) in [4.78, 5) is 36.8. The average Bonchev–Trinajstić information content (AvgIpc) is 3.19. The quantitative estimate of drug-likeness (QED) is 0.516. The van der Waals surface area contributed by atoms with Crippen LogP contribution in [-0.2, 0) is 14.3 Å². The number of carbonyl (C=O) groups is 3. The van der Waals surface area contributed by atoms with Crippen LogP contribution in [0.15, 0.2) is 48.5 Å². The smallest absolute Gasteiger partial charge is 0.407 e. The fraction of sp³-hybridized carbons (Fsp3) is 0.464. The van der Waals surface area contributed by atoms with Gasteiger partial charge in [0.25, 0.3) is 0 Å². The summed E-state index contributed by atoms with van der Waals surface area (Å²) >= 11 is 0. The van der Waals surface area contributed by atoms with Crippen molar-refractivity contribution in [2.45, 2.75) is 45.4 Å². The molecule has 2 amide bonds. The Morgan fingerprint density at radius 3 is 2.14 bits per heavy atom. The number of benzene rings is 2. The van der Waals surface area contributed by atoms with E-state index in [0.29, 0.717) is 18.8 Å². The second kappa shape index (κ2) is 10.5. The molecule has 0 aromatic heterocycles. The zero-order valence-electron chi connectivity index (χ0n) is 20.4. The minimum absolute atomic E-state index is 0.0284. The van der Waals surface area contributed by atoms with Crippen LogP contribution in [0.1, 0.15) is 56.6 Å². The molecular formula is C28H34N2O5. The number of fused-ring (bicyclic) bond motifs is 3. The Balaban J connectivity index is 1.25. The Bertz CT molecular complexity index is 1040. The van der Waals surface area contributed by atoms with Crippen LogP contribution >= 0.6 is 0 Å². The predicted octanol–water partition coefficient (Wildman–Crippen LogP) is 4.56. The highest BCUT2D eigenvalue weighted by Gasteiger charge is 2.41. The summed E-state index contributed by atoms with van der Waals surface area (Å²) < 4.78 is 5.52. The van der Waals surface area contributed by atoms with E-state index in [1.54, 1.807) is 6.92 Å². The molecule has 2 aromatic carbocycles. The topological polar surface area (TPSA) is 105 Å². The van der Waals surface area contributed by atoms with E-state index in [1.165, 1.54) is 0 Å². The summed E-state index contributed by atoms with van der Waals surface area (Å²) in [6.45, 7) is 4.26. The molecular weight excluding hydrogens is 444 g/mol. The SMILES string of the molecule is CC1CCC(CNC(=O)C(C)CNC(=O)OCC2c3ccccc3-c3ccccc32)(C(=O)O)CC1. The fourth-order valence-corrected chi connectivity index (χ4v) is 5.19. The van der Waals surface area contributed by atoms with E-state index < -0.39 is 23.4 Å². The summed E-state index contributed by atoms with van der Waals surface area (Å²) in [6, 6.07) is 16.3. The molecule has 35 heavy (non-hydrogen) atoms. The third kappa shape index (κ3) is 5.34. The second-order valence-corrected chi connectivity index (χ2v) is 10.1. The largest absolute Gasteiger partial charge is 0.481 e. The Morgan fingerprint density at radius 1 is 1.00 bits per heavy atom. The van der Waals surface area contributed by atoms with Gasteiger partial charge in [-0.05, 0) is 53.9 Å². The Kier molecular flexibility index (Phi) is 7.43. The molecule has 1 saturated carbocycles. The molecule has 0 spiro atoms. The van der Waals surface area contributed by atoms with Gasteiger partial charge in [-0.25, -0.2) is 4.79 Å². The lowest BCUT2D eigenvalue weighted by Gasteiger charge is -2.36. The van der Waals surface area contributed by atoms with Gasteiger partial charge >= 0.3 is 12.1 Å². The van der Waals surface area contributed by atoms with Gasteiger partial charge in [0.1, 0.15) is 6.61 Å². The number of carboxylic acids is 1. The lowest BCUT2D eigenvalue weighted by atomic mass is 9.70. The normalized spacial score (nSPS) is 21.9. The van der Waals surface area contributed by atoms with Gasteiger partial charge in [0.2, 0.25) is 5.91 Å². The molecule has 0 saturated heterocycles. The Hall–Kier alpha value is -3.35. The van der Waals surface area contributed by atoms with Crippen LogP contribution < -0.4 is 10.6 Å². The summed E-state index contributed by atoms with van der Waals surface area (Å²) in [5.74, 6) is -1.15. The number of ether oxygens (including phenoxy) is 1. The van der Waals surface area contributed by atoms with Gasteiger partial charge in [0.05, 0.1) is 11.3 Å². The molecule has 1 unspecified atom stereocenters. The molecule has 0 heterocycles. The zero-order chi connectivity index (χ0) is 25.0. The number of hydrogen-bond acceptors (Lipinski definition) is 4. The molecule has 3 N–H and O–H groups in total. The molecule has 186 valence electrons. The molecule has 2 aromatic rings. The van der Waals surface area contributed by atoms with E-state index in [9.17, 15) is 19.5 Å². The van der Waals surface area contributed by atoms with E-state index >= 15 is 0 Å². The first kappa shape index (κ1) is 24.8. The van der Waals surface area contributed by atoms with Gasteiger partial charge in [-0.2, -0.15) is 0 Å². The summed E-state index contributed by atoms with van der Waals surface area (Å²) in [5, 5.41) is 15.2.